The van der Waals surface area contributed by atoms with Gasteiger partial charge in [-0.2, -0.15) is 0 Å². The average Bonchev–Trinajstić information content (AvgIpc) is 3.17. The molecule has 1 unspecified atom stereocenters. The number of aromatic nitrogens is 2. The topological polar surface area (TPSA) is 72.4 Å². The Hall–Kier alpha value is -2.28. The fourth-order valence-corrected chi connectivity index (χ4v) is 3.89. The van der Waals surface area contributed by atoms with Crippen LogP contribution in [0.2, 0.25) is 0 Å². The monoisotopic (exact) mass is 373 g/mol. The highest BCUT2D eigenvalue weighted by Gasteiger charge is 2.33. The molecule has 0 spiro atoms. The molecule has 2 aromatic rings. The maximum Gasteiger partial charge on any atom is 0.340 e. The van der Waals surface area contributed by atoms with E-state index in [0.717, 1.165) is 31.4 Å². The Morgan fingerprint density at radius 2 is 2.00 bits per heavy atom. The van der Waals surface area contributed by atoms with Crippen molar-refractivity contribution in [3.8, 4) is 0 Å². The van der Waals surface area contributed by atoms with Crippen LogP contribution in [0.15, 0.2) is 29.9 Å². The van der Waals surface area contributed by atoms with Crippen LogP contribution in [-0.4, -0.2) is 34.0 Å². The molecule has 1 aliphatic carbocycles. The van der Waals surface area contributed by atoms with E-state index >= 15 is 0 Å². The number of nitrogens with zero attached hydrogens (tertiary/aromatic N) is 3. The van der Waals surface area contributed by atoms with Gasteiger partial charge in [0.2, 0.25) is 0 Å². The second-order valence-corrected chi connectivity index (χ2v) is 7.42. The van der Waals surface area contributed by atoms with E-state index in [-0.39, 0.29) is 11.9 Å². The van der Waals surface area contributed by atoms with Crippen molar-refractivity contribution in [2.24, 2.45) is 0 Å². The van der Waals surface area contributed by atoms with E-state index in [4.69, 9.17) is 4.74 Å². The molecule has 6 nitrogen and oxygen atoms in total. The van der Waals surface area contributed by atoms with Crippen molar-refractivity contribution in [1.82, 2.24) is 9.97 Å². The molecule has 7 heteroatoms. The Balaban J connectivity index is 1.73. The summed E-state index contributed by atoms with van der Waals surface area (Å²) in [7, 11) is 0. The maximum atomic E-state index is 13.1. The molecule has 1 aliphatic rings. The number of amides is 1. The normalized spacial score (nSPS) is 16.1. The fourth-order valence-electron chi connectivity index (χ4n) is 3.17. The van der Waals surface area contributed by atoms with Gasteiger partial charge in [0, 0.05) is 29.5 Å². The lowest BCUT2D eigenvalue weighted by Crippen LogP contribution is -2.47. The molecule has 2 aromatic heterocycles. The number of hydrogen-bond donors (Lipinski definition) is 0. The number of thiazole rings is 1. The van der Waals surface area contributed by atoms with Gasteiger partial charge in [0.15, 0.2) is 11.2 Å². The Labute approximate surface area is 157 Å². The highest BCUT2D eigenvalue weighted by Crippen LogP contribution is 2.29. The van der Waals surface area contributed by atoms with Gasteiger partial charge in [-0.1, -0.05) is 19.3 Å². The van der Waals surface area contributed by atoms with E-state index in [1.165, 1.54) is 24.0 Å². The first-order valence-electron chi connectivity index (χ1n) is 8.92. The predicted molar refractivity (Wildman–Crippen MR) is 100 cm³/mol. The van der Waals surface area contributed by atoms with Crippen LogP contribution in [0.1, 0.15) is 55.1 Å². The summed E-state index contributed by atoms with van der Waals surface area (Å²) in [5.74, 6) is -0.763. The van der Waals surface area contributed by atoms with Gasteiger partial charge in [-0.3, -0.25) is 14.7 Å². The summed E-state index contributed by atoms with van der Waals surface area (Å²) in [4.78, 5) is 35.5. The highest BCUT2D eigenvalue weighted by molar-refractivity contribution is 7.13. The minimum absolute atomic E-state index is 0.115. The zero-order valence-electron chi connectivity index (χ0n) is 15.1. The molecular weight excluding hydrogens is 350 g/mol. The van der Waals surface area contributed by atoms with Crippen LogP contribution >= 0.6 is 11.3 Å². The Morgan fingerprint density at radius 3 is 2.62 bits per heavy atom. The number of esters is 1. The first-order valence-corrected chi connectivity index (χ1v) is 9.80. The predicted octanol–water partition coefficient (Wildman–Crippen LogP) is 3.76. The highest BCUT2D eigenvalue weighted by atomic mass is 32.1. The smallest absolute Gasteiger partial charge is 0.340 e. The second kappa shape index (κ2) is 8.40. The number of anilines is 1. The summed E-state index contributed by atoms with van der Waals surface area (Å²) < 4.78 is 5.41. The number of carbonyl (C=O) groups is 2. The summed E-state index contributed by atoms with van der Waals surface area (Å²) in [6, 6.07) is 3.51. The van der Waals surface area contributed by atoms with Crippen molar-refractivity contribution < 1.29 is 14.3 Å². The van der Waals surface area contributed by atoms with Gasteiger partial charge in [-0.15, -0.1) is 11.3 Å². The zero-order chi connectivity index (χ0) is 18.5. The molecule has 26 heavy (non-hydrogen) atoms. The van der Waals surface area contributed by atoms with Crippen LogP contribution in [0.3, 0.4) is 0 Å². The minimum Gasteiger partial charge on any atom is -0.449 e. The van der Waals surface area contributed by atoms with Crippen molar-refractivity contribution in [1.29, 1.82) is 0 Å². The number of carbonyl (C=O) groups excluding carboxylic acids is 2. The molecule has 0 N–H and O–H groups in total. The van der Waals surface area contributed by atoms with Gasteiger partial charge in [-0.05, 0) is 38.8 Å². The van der Waals surface area contributed by atoms with Crippen LogP contribution in [-0.2, 0) is 9.53 Å². The lowest BCUT2D eigenvalue weighted by atomic mass is 9.94. The minimum atomic E-state index is -0.880. The average molecular weight is 373 g/mol. The lowest BCUT2D eigenvalue weighted by Gasteiger charge is -2.33. The molecule has 3 rings (SSSR count). The number of rotatable bonds is 5. The molecule has 0 bridgehead atoms. The van der Waals surface area contributed by atoms with Crippen LogP contribution in [0.4, 0.5) is 5.13 Å². The van der Waals surface area contributed by atoms with Crippen molar-refractivity contribution in [2.45, 2.75) is 58.1 Å². The summed E-state index contributed by atoms with van der Waals surface area (Å²) >= 11 is 1.43. The third kappa shape index (κ3) is 4.27. The Bertz CT molecular complexity index is 740. The molecule has 138 valence electrons. The largest absolute Gasteiger partial charge is 0.449 e. The van der Waals surface area contributed by atoms with Crippen LogP contribution in [0.25, 0.3) is 0 Å². The van der Waals surface area contributed by atoms with Crippen molar-refractivity contribution in [3.05, 3.63) is 41.2 Å². The Morgan fingerprint density at radius 1 is 1.23 bits per heavy atom. The SMILES string of the molecule is Cc1ccc(C(=O)OC(C)C(=O)N(c2nccs2)C2CCCCC2)cn1. The Kier molecular flexibility index (Phi) is 5.98. The van der Waals surface area contributed by atoms with E-state index < -0.39 is 12.1 Å². The van der Waals surface area contributed by atoms with Gasteiger partial charge in [0.25, 0.3) is 5.91 Å². The second-order valence-electron chi connectivity index (χ2n) is 6.55. The zero-order valence-corrected chi connectivity index (χ0v) is 15.9. The third-order valence-corrected chi connectivity index (χ3v) is 5.35. The van der Waals surface area contributed by atoms with E-state index in [1.54, 1.807) is 30.2 Å². The number of hydrogen-bond acceptors (Lipinski definition) is 6. The molecule has 1 saturated carbocycles. The number of aryl methyl sites for hydroxylation is 1. The first-order chi connectivity index (χ1) is 12.6. The van der Waals surface area contributed by atoms with Crippen LogP contribution in [0.5, 0.6) is 0 Å². The molecule has 2 heterocycles. The van der Waals surface area contributed by atoms with Crippen LogP contribution in [0, 0.1) is 6.92 Å². The summed E-state index contributed by atoms with van der Waals surface area (Å²) in [5, 5.41) is 2.52. The maximum absolute atomic E-state index is 13.1. The van der Waals surface area contributed by atoms with Crippen LogP contribution < -0.4 is 4.90 Å². The van der Waals surface area contributed by atoms with Crippen molar-refractivity contribution in [3.63, 3.8) is 0 Å². The van der Waals surface area contributed by atoms with Crippen molar-refractivity contribution in [2.75, 3.05) is 4.90 Å². The summed E-state index contributed by atoms with van der Waals surface area (Å²) in [5.41, 5.74) is 1.16. The van der Waals surface area contributed by atoms with Gasteiger partial charge >= 0.3 is 5.97 Å². The first kappa shape index (κ1) is 18.5. The molecule has 0 aliphatic heterocycles. The van der Waals surface area contributed by atoms with Gasteiger partial charge < -0.3 is 4.74 Å². The molecule has 0 aromatic carbocycles. The standard InChI is InChI=1S/C19H23N3O3S/c1-13-8-9-15(12-21-13)18(24)25-14(2)17(23)22(19-20-10-11-26-19)16-6-4-3-5-7-16/h8-12,14,16H,3-7H2,1-2H3. The summed E-state index contributed by atoms with van der Waals surface area (Å²) in [6.07, 6.45) is 7.58. The number of ether oxygens (including phenoxy) is 1. The molecule has 0 radical (unpaired) electrons. The molecular formula is C19H23N3O3S. The van der Waals surface area contributed by atoms with E-state index in [1.807, 2.05) is 12.3 Å². The molecule has 0 saturated heterocycles. The molecule has 1 amide bonds. The van der Waals surface area contributed by atoms with Gasteiger partial charge in [0.1, 0.15) is 0 Å². The van der Waals surface area contributed by atoms with E-state index in [9.17, 15) is 9.59 Å². The molecule has 1 fully saturated rings. The van der Waals surface area contributed by atoms with Gasteiger partial charge in [0.05, 0.1) is 5.56 Å². The number of pyridine rings is 1. The van der Waals surface area contributed by atoms with Gasteiger partial charge in [-0.25, -0.2) is 9.78 Å². The lowest BCUT2D eigenvalue weighted by molar-refractivity contribution is -0.127. The van der Waals surface area contributed by atoms with Crippen molar-refractivity contribution >= 4 is 28.3 Å². The van der Waals surface area contributed by atoms with E-state index in [0.29, 0.717) is 10.7 Å². The third-order valence-electron chi connectivity index (χ3n) is 4.58. The fraction of sp³-hybridized carbons (Fsp3) is 0.474. The quantitative estimate of drug-likeness (QED) is 0.746. The van der Waals surface area contributed by atoms with E-state index in [2.05, 4.69) is 9.97 Å². The molecule has 1 atom stereocenters. The summed E-state index contributed by atoms with van der Waals surface area (Å²) in [6.45, 7) is 3.46.